The van der Waals surface area contributed by atoms with Crippen LogP contribution in [0.25, 0.3) is 0 Å². The van der Waals surface area contributed by atoms with Crippen LogP contribution in [0.4, 0.5) is 10.1 Å². The third-order valence-electron chi connectivity index (χ3n) is 3.88. The Bertz CT molecular complexity index is 655. The van der Waals surface area contributed by atoms with Crippen LogP contribution in [0.15, 0.2) is 18.2 Å². The van der Waals surface area contributed by atoms with Gasteiger partial charge in [0.1, 0.15) is 0 Å². The number of carbonyl (C=O) groups is 1. The Morgan fingerprint density at radius 2 is 2.08 bits per heavy atom. The van der Waals surface area contributed by atoms with Gasteiger partial charge >= 0.3 is 11.7 Å². The highest BCUT2D eigenvalue weighted by molar-refractivity contribution is 7.82. The molecule has 0 saturated heterocycles. The van der Waals surface area contributed by atoms with Crippen LogP contribution in [0.1, 0.15) is 32.3 Å². The Morgan fingerprint density at radius 1 is 1.46 bits per heavy atom. The zero-order valence-corrected chi connectivity index (χ0v) is 14.9. The van der Waals surface area contributed by atoms with Gasteiger partial charge in [0.25, 0.3) is 0 Å². The zero-order valence-electron chi connectivity index (χ0n) is 14.1. The lowest BCUT2D eigenvalue weighted by atomic mass is 9.86. The van der Waals surface area contributed by atoms with Crippen LogP contribution in [0, 0.1) is 15.9 Å². The molecule has 0 aliphatic heterocycles. The van der Waals surface area contributed by atoms with E-state index in [1.807, 2.05) is 6.92 Å². The van der Waals surface area contributed by atoms with Crippen molar-refractivity contribution in [3.63, 3.8) is 0 Å². The maximum Gasteiger partial charge on any atom is 0.331 e. The van der Waals surface area contributed by atoms with Crippen LogP contribution in [-0.4, -0.2) is 39.3 Å². The molecule has 24 heavy (non-hydrogen) atoms. The van der Waals surface area contributed by atoms with Crippen LogP contribution >= 0.6 is 0 Å². The van der Waals surface area contributed by atoms with Gasteiger partial charge in [0.15, 0.2) is 5.54 Å². The minimum Gasteiger partial charge on any atom is -0.467 e. The Labute approximate surface area is 142 Å². The van der Waals surface area contributed by atoms with Crippen molar-refractivity contribution in [3.05, 3.63) is 39.7 Å². The zero-order chi connectivity index (χ0) is 18.5. The summed E-state index contributed by atoms with van der Waals surface area (Å²) in [5, 5.41) is 11.0. The van der Waals surface area contributed by atoms with E-state index >= 15 is 0 Å². The lowest BCUT2D eigenvalue weighted by Crippen LogP contribution is -2.52. The van der Waals surface area contributed by atoms with Gasteiger partial charge in [0.2, 0.25) is 5.82 Å². The average Bonchev–Trinajstić information content (AvgIpc) is 2.56. The number of nitro groups is 1. The summed E-state index contributed by atoms with van der Waals surface area (Å²) < 4.78 is 33.2. The first-order valence-corrected chi connectivity index (χ1v) is 8.69. The molecule has 0 heterocycles. The summed E-state index contributed by atoms with van der Waals surface area (Å²) in [7, 11) is 0.972. The van der Waals surface area contributed by atoms with Crippen molar-refractivity contribution in [1.29, 1.82) is 0 Å². The van der Waals surface area contributed by atoms with Crippen LogP contribution in [0.2, 0.25) is 0 Å². The van der Waals surface area contributed by atoms with Crippen molar-refractivity contribution in [2.75, 3.05) is 19.9 Å². The third-order valence-corrected chi connectivity index (χ3v) is 5.56. The third kappa shape index (κ3) is 3.46. The van der Waals surface area contributed by atoms with Gasteiger partial charge in [-0.15, -0.1) is 0 Å². The Morgan fingerprint density at radius 3 is 2.54 bits per heavy atom. The Hall–Kier alpha value is -1.87. The molecule has 2 atom stereocenters. The van der Waals surface area contributed by atoms with Crippen molar-refractivity contribution in [2.24, 2.45) is 0 Å². The van der Waals surface area contributed by atoms with E-state index in [-0.39, 0.29) is 17.7 Å². The molecule has 1 aromatic rings. The number of rotatable bonds is 8. The number of nitro benzene ring substituents is 1. The molecule has 0 fully saturated rings. The predicted molar refractivity (Wildman–Crippen MR) is 88.1 cm³/mol. The fourth-order valence-corrected chi connectivity index (χ4v) is 3.87. The lowest BCUT2D eigenvalue weighted by Gasteiger charge is -2.37. The first kappa shape index (κ1) is 20.2. The van der Waals surface area contributed by atoms with Gasteiger partial charge in [-0.25, -0.2) is 13.3 Å². The number of nitrogens with zero attached hydrogens (tertiary/aromatic N) is 2. The normalized spacial score (nSPS) is 14.9. The second-order valence-electron chi connectivity index (χ2n) is 5.12. The van der Waals surface area contributed by atoms with E-state index in [0.29, 0.717) is 6.42 Å². The topological polar surface area (TPSA) is 89.8 Å². The minimum atomic E-state index is -1.72. The molecule has 0 N–H and O–H groups in total. The number of halogens is 1. The van der Waals surface area contributed by atoms with E-state index in [4.69, 9.17) is 4.74 Å². The Kier molecular flexibility index (Phi) is 6.97. The molecule has 0 radical (unpaired) electrons. The van der Waals surface area contributed by atoms with Crippen molar-refractivity contribution in [1.82, 2.24) is 4.31 Å². The number of esters is 1. The van der Waals surface area contributed by atoms with E-state index in [1.165, 1.54) is 23.5 Å². The number of hydrogen-bond donors (Lipinski definition) is 0. The fourth-order valence-electron chi connectivity index (χ4n) is 2.60. The summed E-state index contributed by atoms with van der Waals surface area (Å²) in [4.78, 5) is 22.7. The highest BCUT2D eigenvalue weighted by Gasteiger charge is 2.49. The first-order chi connectivity index (χ1) is 11.3. The van der Waals surface area contributed by atoms with E-state index in [2.05, 4.69) is 0 Å². The van der Waals surface area contributed by atoms with E-state index in [9.17, 15) is 23.5 Å². The van der Waals surface area contributed by atoms with E-state index in [1.54, 1.807) is 6.92 Å². The Balaban J connectivity index is 3.66. The number of benzene rings is 1. The van der Waals surface area contributed by atoms with Crippen LogP contribution in [0.3, 0.4) is 0 Å². The summed E-state index contributed by atoms with van der Waals surface area (Å²) in [6, 6.07) is 3.59. The van der Waals surface area contributed by atoms with Gasteiger partial charge < -0.3 is 4.74 Å². The van der Waals surface area contributed by atoms with E-state index in [0.717, 1.165) is 13.2 Å². The molecule has 0 bridgehead atoms. The van der Waals surface area contributed by atoms with Gasteiger partial charge in [0.05, 0.1) is 23.0 Å². The quantitative estimate of drug-likeness (QED) is 0.404. The summed E-state index contributed by atoms with van der Waals surface area (Å²) >= 11 is 0. The molecule has 7 nitrogen and oxygen atoms in total. The SMILES string of the molecule is CCC[S@@](=O)N(C)[C@](CC)(C(=O)OC)c1cccc([N+](=O)[O-])c1F. The van der Waals surface area contributed by atoms with Gasteiger partial charge in [-0.05, 0) is 12.8 Å². The average molecular weight is 360 g/mol. The molecule has 0 saturated carbocycles. The maximum absolute atomic E-state index is 14.7. The fraction of sp³-hybridized carbons (Fsp3) is 0.533. The molecule has 0 spiro atoms. The number of methoxy groups -OCH3 is 1. The summed E-state index contributed by atoms with van der Waals surface area (Å²) in [5.74, 6) is -1.68. The van der Waals surface area contributed by atoms with Gasteiger partial charge in [0, 0.05) is 24.4 Å². The standard InChI is InChI=1S/C15H21FN2O5S/c1-5-10-24(22)17(3)15(6-2,14(19)23-4)11-8-7-9-12(13(11)16)18(20)21/h7-9H,5-6,10H2,1-4H3/t15-,24+/m0/s1. The minimum absolute atomic E-state index is 0.0315. The van der Waals surface area contributed by atoms with Gasteiger partial charge in [-0.3, -0.25) is 10.1 Å². The highest BCUT2D eigenvalue weighted by atomic mass is 32.2. The van der Waals surface area contributed by atoms with Crippen LogP contribution in [-0.2, 0) is 26.1 Å². The second-order valence-corrected chi connectivity index (χ2v) is 6.72. The summed E-state index contributed by atoms with van der Waals surface area (Å²) in [6.45, 7) is 3.43. The van der Waals surface area contributed by atoms with Gasteiger partial charge in [-0.2, -0.15) is 4.39 Å². The number of ether oxygens (including phenoxy) is 1. The molecule has 0 unspecified atom stereocenters. The number of carbonyl (C=O) groups excluding carboxylic acids is 1. The van der Waals surface area contributed by atoms with Crippen molar-refractivity contribution < 1.29 is 23.1 Å². The lowest BCUT2D eigenvalue weighted by molar-refractivity contribution is -0.387. The molecule has 0 aliphatic carbocycles. The van der Waals surface area contributed by atoms with E-state index < -0.39 is 38.9 Å². The van der Waals surface area contributed by atoms with Crippen LogP contribution < -0.4 is 0 Å². The van der Waals surface area contributed by atoms with Crippen molar-refractivity contribution in [3.8, 4) is 0 Å². The molecule has 0 aliphatic rings. The second kappa shape index (κ2) is 8.29. The molecule has 9 heteroatoms. The number of hydrogen-bond acceptors (Lipinski definition) is 5. The molecule has 0 amide bonds. The molecular weight excluding hydrogens is 339 g/mol. The van der Waals surface area contributed by atoms with Crippen molar-refractivity contribution >= 4 is 22.6 Å². The smallest absolute Gasteiger partial charge is 0.331 e. The van der Waals surface area contributed by atoms with Crippen LogP contribution in [0.5, 0.6) is 0 Å². The monoisotopic (exact) mass is 360 g/mol. The molecule has 1 rings (SSSR count). The van der Waals surface area contributed by atoms with Crippen molar-refractivity contribution in [2.45, 2.75) is 32.2 Å². The molecular formula is C15H21FN2O5S. The summed E-state index contributed by atoms with van der Waals surface area (Å²) in [5.41, 5.74) is -2.69. The molecule has 134 valence electrons. The highest BCUT2D eigenvalue weighted by Crippen LogP contribution is 2.38. The maximum atomic E-state index is 14.7. The predicted octanol–water partition coefficient (Wildman–Crippen LogP) is 2.52. The molecule has 0 aromatic heterocycles. The van der Waals surface area contributed by atoms with Gasteiger partial charge in [-0.1, -0.05) is 26.0 Å². The molecule has 1 aromatic carbocycles. The summed E-state index contributed by atoms with van der Waals surface area (Å²) in [6.07, 6.45) is 0.624. The first-order valence-electron chi connectivity index (χ1n) is 7.41. The largest absolute Gasteiger partial charge is 0.467 e. The number of likely N-dealkylation sites (N-methyl/N-ethyl adjacent to an activating group) is 1.